The molecule has 7 atom stereocenters. The zero-order valence-corrected chi connectivity index (χ0v) is 25.6. The Morgan fingerprint density at radius 1 is 0.783 bits per heavy atom. The fourth-order valence-electron chi connectivity index (χ4n) is 5.71. The molecule has 0 aliphatic carbocycles. The largest absolute Gasteiger partial charge is 0.454 e. The summed E-state index contributed by atoms with van der Waals surface area (Å²) in [5.74, 6) is -2.30. The normalized spacial score (nSPS) is 26.8. The number of aliphatic hydroxyl groups excluding tert-OH is 1. The molecule has 0 aromatic heterocycles. The fourth-order valence-corrected chi connectivity index (χ4v) is 5.71. The van der Waals surface area contributed by atoms with Crippen molar-refractivity contribution in [3.8, 4) is 0 Å². The molecular weight excluding hydrogens is 590 g/mol. The summed E-state index contributed by atoms with van der Waals surface area (Å²) in [6.07, 6.45) is -1.94. The summed E-state index contributed by atoms with van der Waals surface area (Å²) in [4.78, 5) is 40.8. The monoisotopic (exact) mass is 629 g/mol. The van der Waals surface area contributed by atoms with E-state index in [0.29, 0.717) is 31.4 Å². The van der Waals surface area contributed by atoms with E-state index in [2.05, 4.69) is 5.32 Å². The highest BCUT2D eigenvalue weighted by atomic mass is 16.7. The minimum Gasteiger partial charge on any atom is -0.454 e. The van der Waals surface area contributed by atoms with Gasteiger partial charge in [0, 0.05) is 12.8 Å². The average Bonchev–Trinajstić information content (AvgIpc) is 3.07. The summed E-state index contributed by atoms with van der Waals surface area (Å²) < 4.78 is 29.4. The number of carbonyl (C=O) groups excluding carboxylic acids is 3. The van der Waals surface area contributed by atoms with Gasteiger partial charge in [0.2, 0.25) is 0 Å². The van der Waals surface area contributed by atoms with E-state index in [4.69, 9.17) is 23.7 Å². The number of fused-ring (bicyclic) bond motifs is 1. The van der Waals surface area contributed by atoms with Gasteiger partial charge in [0.15, 0.2) is 24.6 Å². The lowest BCUT2D eigenvalue weighted by atomic mass is 9.92. The molecule has 242 valence electrons. The lowest BCUT2D eigenvalue weighted by Crippen LogP contribution is -2.63. The van der Waals surface area contributed by atoms with Gasteiger partial charge in [0.05, 0.1) is 18.4 Å². The Balaban J connectivity index is 1.49. The van der Waals surface area contributed by atoms with E-state index in [1.165, 1.54) is 7.11 Å². The predicted octanol–water partition coefficient (Wildman–Crippen LogP) is 4.86. The van der Waals surface area contributed by atoms with E-state index in [-0.39, 0.29) is 0 Å². The lowest BCUT2D eigenvalue weighted by molar-refractivity contribution is -0.300. The van der Waals surface area contributed by atoms with Crippen LogP contribution >= 0.6 is 0 Å². The Kier molecular flexibility index (Phi) is 11.6. The van der Waals surface area contributed by atoms with Crippen LogP contribution in [0.3, 0.4) is 0 Å². The number of para-hydroxylation sites is 1. The summed E-state index contributed by atoms with van der Waals surface area (Å²) in [6, 6.07) is 27.8. The number of amides is 1. The Bertz CT molecular complexity index is 1450. The minimum atomic E-state index is -1.35. The summed E-state index contributed by atoms with van der Waals surface area (Å²) in [6.45, 7) is -0.593. The zero-order valence-electron chi connectivity index (χ0n) is 25.6. The number of hydrogen-bond donors (Lipinski definition) is 2. The number of benzene rings is 3. The maximum atomic E-state index is 13.9. The van der Waals surface area contributed by atoms with Crippen molar-refractivity contribution in [1.82, 2.24) is 0 Å². The molecule has 1 fully saturated rings. The van der Waals surface area contributed by atoms with Crippen LogP contribution in [0, 0.1) is 11.8 Å². The van der Waals surface area contributed by atoms with Crippen LogP contribution < -0.4 is 5.32 Å². The molecule has 2 N–H and O–H groups in total. The molecule has 46 heavy (non-hydrogen) atoms. The molecule has 0 spiro atoms. The van der Waals surface area contributed by atoms with E-state index in [9.17, 15) is 19.5 Å². The van der Waals surface area contributed by atoms with Gasteiger partial charge in [-0.1, -0.05) is 91.0 Å². The molecule has 0 bridgehead atoms. The van der Waals surface area contributed by atoms with Crippen LogP contribution in [0.1, 0.15) is 24.0 Å². The van der Waals surface area contributed by atoms with Crippen LogP contribution in [0.5, 0.6) is 0 Å². The first-order valence-electron chi connectivity index (χ1n) is 15.4. The van der Waals surface area contributed by atoms with Gasteiger partial charge in [-0.3, -0.25) is 14.9 Å². The van der Waals surface area contributed by atoms with Gasteiger partial charge in [-0.2, -0.15) is 0 Å². The Morgan fingerprint density at radius 3 is 1.78 bits per heavy atom. The first-order valence-corrected chi connectivity index (χ1v) is 15.4. The second kappa shape index (κ2) is 16.2. The number of anilines is 1. The van der Waals surface area contributed by atoms with Crippen LogP contribution in [-0.2, 0) is 46.1 Å². The van der Waals surface area contributed by atoms with Crippen molar-refractivity contribution in [2.45, 2.75) is 56.4 Å². The Labute approximate surface area is 268 Å². The molecule has 2 aliphatic rings. The van der Waals surface area contributed by atoms with Gasteiger partial charge < -0.3 is 28.8 Å². The summed E-state index contributed by atoms with van der Waals surface area (Å²) >= 11 is 0. The number of methoxy groups -OCH3 is 1. The third-order valence-corrected chi connectivity index (χ3v) is 8.10. The predicted molar refractivity (Wildman–Crippen MR) is 168 cm³/mol. The molecule has 10 nitrogen and oxygen atoms in total. The molecule has 0 unspecified atom stereocenters. The molecule has 1 saturated heterocycles. The second-order valence-electron chi connectivity index (χ2n) is 11.3. The highest BCUT2D eigenvalue weighted by Crippen LogP contribution is 2.32. The Hall–Kier alpha value is -4.51. The van der Waals surface area contributed by atoms with Gasteiger partial charge >= 0.3 is 18.0 Å². The third kappa shape index (κ3) is 8.60. The number of aliphatic hydroxyl groups is 1. The quantitative estimate of drug-likeness (QED) is 0.204. The molecular formula is C36H39NO9. The van der Waals surface area contributed by atoms with Gasteiger partial charge in [-0.25, -0.2) is 4.79 Å². The van der Waals surface area contributed by atoms with Crippen LogP contribution in [0.25, 0.3) is 0 Å². The highest BCUT2D eigenvalue weighted by Gasteiger charge is 2.53. The van der Waals surface area contributed by atoms with Gasteiger partial charge in [0.1, 0.15) is 6.10 Å². The van der Waals surface area contributed by atoms with Crippen LogP contribution in [0.4, 0.5) is 10.5 Å². The molecule has 10 heteroatoms. The van der Waals surface area contributed by atoms with Gasteiger partial charge in [-0.15, -0.1) is 0 Å². The fraction of sp³-hybridized carbons (Fsp3) is 0.361. The van der Waals surface area contributed by atoms with E-state index < -0.39 is 67.2 Å². The maximum absolute atomic E-state index is 13.9. The van der Waals surface area contributed by atoms with Crippen LogP contribution in [0.2, 0.25) is 0 Å². The Morgan fingerprint density at radius 2 is 1.28 bits per heavy atom. The number of allylic oxidation sites excluding steroid dienone is 2. The number of nitrogens with one attached hydrogen (secondary N) is 1. The standard InChI is InChI=1S/C36H39NO9/c1-42-35-32-31(30(29(23-38)43-35)46-36(41)37-28-19-9-4-10-20-28)44-33(39)26(21-24-13-5-2-6-14-24)17-11-12-18-27(34(40)45-32)22-25-15-7-3-8-16-25/h2-16,19-20,26-27,29-32,35,38H,17-18,21-23H2,1H3,(H,37,41)/t26-,27-,29-,30+,31+,32-,35+/m1/s1. The van der Waals surface area contributed by atoms with Crippen molar-refractivity contribution in [3.05, 3.63) is 114 Å². The SMILES string of the molecule is CO[C@H]1O[C@H](CO)[C@H](OC(=O)Nc2ccccc2)[C@@H]2OC(=O)[C@@H](Cc3ccccc3)CC=CC[C@H](Cc3ccccc3)C(=O)O[C@@H]12. The van der Waals surface area contributed by atoms with Crippen molar-refractivity contribution in [2.75, 3.05) is 19.0 Å². The lowest BCUT2D eigenvalue weighted by Gasteiger charge is -2.44. The minimum absolute atomic E-state index is 0.353. The van der Waals surface area contributed by atoms with Crippen LogP contribution in [-0.4, -0.2) is 67.6 Å². The summed E-state index contributed by atoms with van der Waals surface area (Å²) in [5.41, 5.74) is 2.37. The topological polar surface area (TPSA) is 130 Å². The smallest absolute Gasteiger partial charge is 0.412 e. The molecule has 2 heterocycles. The van der Waals surface area contributed by atoms with Crippen molar-refractivity contribution in [2.24, 2.45) is 11.8 Å². The average molecular weight is 630 g/mol. The molecule has 5 rings (SSSR count). The number of esters is 2. The van der Waals surface area contributed by atoms with E-state index in [1.54, 1.807) is 30.3 Å². The number of hydrogen-bond acceptors (Lipinski definition) is 9. The van der Waals surface area contributed by atoms with Crippen molar-refractivity contribution in [3.63, 3.8) is 0 Å². The number of ether oxygens (including phenoxy) is 5. The third-order valence-electron chi connectivity index (χ3n) is 8.10. The summed E-state index contributed by atoms with van der Waals surface area (Å²) in [7, 11) is 1.35. The molecule has 2 aliphatic heterocycles. The van der Waals surface area contributed by atoms with Crippen LogP contribution in [0.15, 0.2) is 103 Å². The van der Waals surface area contributed by atoms with E-state index >= 15 is 0 Å². The van der Waals surface area contributed by atoms with Gasteiger partial charge in [-0.05, 0) is 48.9 Å². The highest BCUT2D eigenvalue weighted by molar-refractivity contribution is 5.84. The van der Waals surface area contributed by atoms with Crippen molar-refractivity contribution >= 4 is 23.7 Å². The first kappa shape index (κ1) is 32.9. The number of carbonyl (C=O) groups is 3. The second-order valence-corrected chi connectivity index (χ2v) is 11.3. The summed E-state index contributed by atoms with van der Waals surface area (Å²) in [5, 5.41) is 12.9. The molecule has 0 radical (unpaired) electrons. The molecule has 3 aromatic carbocycles. The van der Waals surface area contributed by atoms with E-state index in [0.717, 1.165) is 11.1 Å². The molecule has 3 aromatic rings. The van der Waals surface area contributed by atoms with Crippen molar-refractivity contribution in [1.29, 1.82) is 0 Å². The number of rotatable bonds is 8. The van der Waals surface area contributed by atoms with Crippen molar-refractivity contribution < 1.29 is 43.2 Å². The molecule has 1 amide bonds. The van der Waals surface area contributed by atoms with Gasteiger partial charge in [0.25, 0.3) is 0 Å². The van der Waals surface area contributed by atoms with E-state index in [1.807, 2.05) is 72.8 Å². The zero-order chi connectivity index (χ0) is 32.3. The maximum Gasteiger partial charge on any atom is 0.412 e. The molecule has 0 saturated carbocycles. The first-order chi connectivity index (χ1) is 22.4.